The first kappa shape index (κ1) is 31.2. The fourth-order valence-corrected chi connectivity index (χ4v) is 6.14. The van der Waals surface area contributed by atoms with Crippen LogP contribution in [0.25, 0.3) is 0 Å². The van der Waals surface area contributed by atoms with E-state index in [9.17, 15) is 0 Å². The summed E-state index contributed by atoms with van der Waals surface area (Å²) in [6, 6.07) is 40.3. The zero-order chi connectivity index (χ0) is 31.0. The molecule has 0 aromatic heterocycles. The third kappa shape index (κ3) is 7.74. The third-order valence-corrected chi connectivity index (χ3v) is 8.48. The molecule has 0 bridgehead atoms. The third-order valence-electron chi connectivity index (χ3n) is 8.48. The van der Waals surface area contributed by atoms with Gasteiger partial charge in [-0.05, 0) is 22.3 Å². The molecule has 4 aromatic rings. The molecule has 0 N–H and O–H groups in total. The Kier molecular flexibility index (Phi) is 10.5. The van der Waals surface area contributed by atoms with Gasteiger partial charge in [-0.15, -0.1) is 0 Å². The highest BCUT2D eigenvalue weighted by Crippen LogP contribution is 2.40. The lowest BCUT2D eigenvalue weighted by Gasteiger charge is -2.36. The van der Waals surface area contributed by atoms with Crippen molar-refractivity contribution in [3.05, 3.63) is 144 Å². The largest absolute Gasteiger partial charge is 0.374 e. The Morgan fingerprint density at radius 3 is 1.07 bits per heavy atom. The number of benzene rings is 4. The number of fused-ring (bicyclic) bond motifs is 2. The molecular formula is C38H40O8. The van der Waals surface area contributed by atoms with E-state index in [4.69, 9.17) is 37.9 Å². The van der Waals surface area contributed by atoms with Gasteiger partial charge in [0.1, 0.15) is 36.6 Å². The van der Waals surface area contributed by atoms with Gasteiger partial charge in [-0.3, -0.25) is 0 Å². The molecule has 0 spiro atoms. The molecule has 8 atom stereocenters. The lowest BCUT2D eigenvalue weighted by Crippen LogP contribution is -2.52. The van der Waals surface area contributed by atoms with Gasteiger partial charge in [0.05, 0.1) is 39.6 Å². The molecule has 7 rings (SSSR count). The van der Waals surface area contributed by atoms with E-state index >= 15 is 0 Å². The van der Waals surface area contributed by atoms with Gasteiger partial charge < -0.3 is 37.9 Å². The van der Waals surface area contributed by atoms with Crippen LogP contribution in [0, 0.1) is 0 Å². The summed E-state index contributed by atoms with van der Waals surface area (Å²) in [7, 11) is 0. The van der Waals surface area contributed by atoms with Gasteiger partial charge in [0.2, 0.25) is 0 Å². The lowest BCUT2D eigenvalue weighted by atomic mass is 10.1. The second-order valence-electron chi connectivity index (χ2n) is 11.8. The molecule has 3 saturated heterocycles. The molecule has 0 amide bonds. The van der Waals surface area contributed by atoms with Gasteiger partial charge >= 0.3 is 0 Å². The highest BCUT2D eigenvalue weighted by molar-refractivity contribution is 5.16. The Balaban J connectivity index is 1.04. The van der Waals surface area contributed by atoms with Gasteiger partial charge in [-0.25, -0.2) is 0 Å². The highest BCUT2D eigenvalue weighted by Gasteiger charge is 2.59. The van der Waals surface area contributed by atoms with E-state index in [1.54, 1.807) is 0 Å². The Hall–Kier alpha value is -3.44. The first-order chi connectivity index (χ1) is 22.8. The van der Waals surface area contributed by atoms with Crippen LogP contribution in [-0.4, -0.2) is 62.4 Å². The van der Waals surface area contributed by atoms with E-state index in [1.165, 1.54) is 0 Å². The molecule has 3 heterocycles. The zero-order valence-corrected chi connectivity index (χ0v) is 25.7. The molecule has 4 aromatic carbocycles. The normalized spacial score (nSPS) is 28.5. The summed E-state index contributed by atoms with van der Waals surface area (Å²) in [6.07, 6.45) is -3.98. The van der Waals surface area contributed by atoms with Crippen LogP contribution < -0.4 is 0 Å². The monoisotopic (exact) mass is 624 g/mol. The standard InChI is InChI=1S/C38H40O8/c1-5-13-27(14-6-1)21-39-25-31-33(41-23-29-17-9-3-10-18-29)35-37(43-31)46-36-34(42-24-30-19-11-4-12-20-30)32(44-38(36)45-35)26-40-22-28-15-7-2-8-16-28/h1-20,31-38H,21-26H2/t31-,32-,33+,34+,35-,36-,37-,38-/m1/s1. The summed E-state index contributed by atoms with van der Waals surface area (Å²) in [5.41, 5.74) is 4.31. The average molecular weight is 625 g/mol. The molecule has 3 aliphatic heterocycles. The Morgan fingerprint density at radius 2 is 0.717 bits per heavy atom. The fraction of sp³-hybridized carbons (Fsp3) is 0.368. The molecule has 46 heavy (non-hydrogen) atoms. The molecule has 240 valence electrons. The summed E-state index contributed by atoms with van der Waals surface area (Å²) >= 11 is 0. The molecule has 8 heteroatoms. The molecule has 0 saturated carbocycles. The molecule has 3 aliphatic rings. The van der Waals surface area contributed by atoms with Crippen molar-refractivity contribution in [3.63, 3.8) is 0 Å². The van der Waals surface area contributed by atoms with Crippen LogP contribution in [0.2, 0.25) is 0 Å². The summed E-state index contributed by atoms with van der Waals surface area (Å²) in [6.45, 7) is 2.41. The van der Waals surface area contributed by atoms with Gasteiger partial charge in [0.25, 0.3) is 0 Å². The lowest BCUT2D eigenvalue weighted by molar-refractivity contribution is -0.321. The topological polar surface area (TPSA) is 73.8 Å². The number of hydrogen-bond donors (Lipinski definition) is 0. The molecule has 8 nitrogen and oxygen atoms in total. The second-order valence-corrected chi connectivity index (χ2v) is 11.8. The number of rotatable bonds is 14. The minimum Gasteiger partial charge on any atom is -0.374 e. The van der Waals surface area contributed by atoms with Crippen LogP contribution in [0.4, 0.5) is 0 Å². The maximum atomic E-state index is 6.62. The van der Waals surface area contributed by atoms with Gasteiger partial charge in [0, 0.05) is 0 Å². The van der Waals surface area contributed by atoms with Crippen LogP contribution in [0.3, 0.4) is 0 Å². The molecule has 0 radical (unpaired) electrons. The van der Waals surface area contributed by atoms with Crippen molar-refractivity contribution < 1.29 is 37.9 Å². The highest BCUT2D eigenvalue weighted by atomic mass is 16.8. The maximum Gasteiger partial charge on any atom is 0.187 e. The van der Waals surface area contributed by atoms with Crippen LogP contribution in [0.15, 0.2) is 121 Å². The van der Waals surface area contributed by atoms with Crippen molar-refractivity contribution in [1.82, 2.24) is 0 Å². The van der Waals surface area contributed by atoms with E-state index in [1.807, 2.05) is 121 Å². The number of ether oxygens (including phenoxy) is 8. The summed E-state index contributed by atoms with van der Waals surface area (Å²) in [5, 5.41) is 0. The predicted octanol–water partition coefficient (Wildman–Crippen LogP) is 5.82. The van der Waals surface area contributed by atoms with E-state index in [0.29, 0.717) is 39.6 Å². The Morgan fingerprint density at radius 1 is 0.391 bits per heavy atom. The molecule has 0 aliphatic carbocycles. The maximum absolute atomic E-state index is 6.62. The van der Waals surface area contributed by atoms with Crippen LogP contribution in [-0.2, 0) is 64.3 Å². The van der Waals surface area contributed by atoms with Crippen molar-refractivity contribution in [2.75, 3.05) is 13.2 Å². The van der Waals surface area contributed by atoms with Gasteiger partial charge in [0.15, 0.2) is 12.6 Å². The minimum atomic E-state index is -0.664. The number of hydrogen-bond acceptors (Lipinski definition) is 8. The Bertz CT molecular complexity index is 1340. The van der Waals surface area contributed by atoms with Gasteiger partial charge in [-0.1, -0.05) is 121 Å². The van der Waals surface area contributed by atoms with Crippen LogP contribution in [0.5, 0.6) is 0 Å². The van der Waals surface area contributed by atoms with E-state index < -0.39 is 49.2 Å². The quantitative estimate of drug-likeness (QED) is 0.174. The van der Waals surface area contributed by atoms with Crippen LogP contribution >= 0.6 is 0 Å². The smallest absolute Gasteiger partial charge is 0.187 e. The van der Waals surface area contributed by atoms with Gasteiger partial charge in [-0.2, -0.15) is 0 Å². The van der Waals surface area contributed by atoms with E-state index in [2.05, 4.69) is 0 Å². The summed E-state index contributed by atoms with van der Waals surface area (Å²) < 4.78 is 51.3. The average Bonchev–Trinajstić information content (AvgIpc) is 3.62. The van der Waals surface area contributed by atoms with Crippen molar-refractivity contribution in [2.45, 2.75) is 75.6 Å². The first-order valence-electron chi connectivity index (χ1n) is 16.0. The zero-order valence-electron chi connectivity index (χ0n) is 25.7. The van der Waals surface area contributed by atoms with Crippen molar-refractivity contribution in [2.24, 2.45) is 0 Å². The summed E-state index contributed by atoms with van der Waals surface area (Å²) in [4.78, 5) is 0. The predicted molar refractivity (Wildman–Crippen MR) is 169 cm³/mol. The molecule has 0 unspecified atom stereocenters. The molecule has 3 fully saturated rings. The summed E-state index contributed by atoms with van der Waals surface area (Å²) in [5.74, 6) is 0. The second kappa shape index (κ2) is 15.4. The first-order valence-corrected chi connectivity index (χ1v) is 16.0. The SMILES string of the molecule is c1ccc(COC[C@H]2O[C@@H]3O[C@H]4[C@@H](O[C@@H]3[C@H]2OCc2ccccc2)O[C@H](COCc2ccccc2)[C@@H]4OCc2ccccc2)cc1. The van der Waals surface area contributed by atoms with E-state index in [-0.39, 0.29) is 0 Å². The van der Waals surface area contributed by atoms with E-state index in [0.717, 1.165) is 22.3 Å². The van der Waals surface area contributed by atoms with Crippen molar-refractivity contribution in [1.29, 1.82) is 0 Å². The van der Waals surface area contributed by atoms with Crippen LogP contribution in [0.1, 0.15) is 22.3 Å². The Labute approximate surface area is 270 Å². The van der Waals surface area contributed by atoms with Crippen molar-refractivity contribution >= 4 is 0 Å². The molecular weight excluding hydrogens is 584 g/mol. The minimum absolute atomic E-state index is 0.328. The van der Waals surface area contributed by atoms with Crippen molar-refractivity contribution in [3.8, 4) is 0 Å². The fourth-order valence-electron chi connectivity index (χ4n) is 6.14.